The summed E-state index contributed by atoms with van der Waals surface area (Å²) in [6, 6.07) is 3.06. The second kappa shape index (κ2) is 7.46. The quantitative estimate of drug-likeness (QED) is 0.621. The van der Waals surface area contributed by atoms with Crippen molar-refractivity contribution in [3.63, 3.8) is 0 Å². The van der Waals surface area contributed by atoms with Crippen LogP contribution in [-0.2, 0) is 0 Å². The van der Waals surface area contributed by atoms with Gasteiger partial charge in [-0.1, -0.05) is 6.07 Å². The zero-order valence-electron chi connectivity index (χ0n) is 11.0. The summed E-state index contributed by atoms with van der Waals surface area (Å²) in [7, 11) is 0. The van der Waals surface area contributed by atoms with Crippen LogP contribution in [0.25, 0.3) is 0 Å². The molecule has 1 aromatic rings. The number of nitrogens with zero attached hydrogens (tertiary/aromatic N) is 1. The summed E-state index contributed by atoms with van der Waals surface area (Å²) in [6.45, 7) is -2.36. The van der Waals surface area contributed by atoms with Gasteiger partial charge in [-0.3, -0.25) is 9.69 Å². The highest BCUT2D eigenvalue weighted by Crippen LogP contribution is 2.17. The van der Waals surface area contributed by atoms with Gasteiger partial charge in [0.25, 0.3) is 0 Å². The lowest BCUT2D eigenvalue weighted by molar-refractivity contribution is -0.146. The molecule has 0 spiro atoms. The first-order valence-electron chi connectivity index (χ1n) is 6.12. The topological polar surface area (TPSA) is 40.5 Å². The van der Waals surface area contributed by atoms with Crippen molar-refractivity contribution in [3.05, 3.63) is 35.4 Å². The van der Waals surface area contributed by atoms with Crippen molar-refractivity contribution in [1.82, 2.24) is 4.90 Å². The number of benzene rings is 1. The van der Waals surface area contributed by atoms with E-state index in [9.17, 15) is 26.7 Å². The lowest BCUT2D eigenvalue weighted by Gasteiger charge is -2.22. The molecule has 0 aliphatic rings. The second-order valence-electron chi connectivity index (χ2n) is 4.39. The summed E-state index contributed by atoms with van der Waals surface area (Å²) in [4.78, 5) is 12.5. The molecule has 0 fully saturated rings. The van der Waals surface area contributed by atoms with Crippen LogP contribution in [0.3, 0.4) is 0 Å². The predicted octanol–water partition coefficient (Wildman–Crippen LogP) is 2.39. The van der Waals surface area contributed by atoms with Gasteiger partial charge in [0.1, 0.15) is 0 Å². The molecule has 1 N–H and O–H groups in total. The zero-order chi connectivity index (χ0) is 16.0. The van der Waals surface area contributed by atoms with E-state index in [1.54, 1.807) is 0 Å². The largest absolute Gasteiger partial charge is 0.401 e. The van der Waals surface area contributed by atoms with Crippen LogP contribution < -0.4 is 0 Å². The average molecular weight is 311 g/mol. The maximum absolute atomic E-state index is 13.4. The third-order valence-corrected chi connectivity index (χ3v) is 2.73. The van der Waals surface area contributed by atoms with Crippen LogP contribution in [0.5, 0.6) is 0 Å². The Bertz CT molecular complexity index is 490. The normalized spacial score (nSPS) is 12.0. The van der Waals surface area contributed by atoms with E-state index in [4.69, 9.17) is 5.11 Å². The number of aliphatic hydroxyl groups is 1. The molecule has 3 nitrogen and oxygen atoms in total. The fourth-order valence-corrected chi connectivity index (χ4v) is 1.78. The molecule has 0 atom stereocenters. The smallest absolute Gasteiger partial charge is 0.395 e. The van der Waals surface area contributed by atoms with E-state index >= 15 is 0 Å². The van der Waals surface area contributed by atoms with Gasteiger partial charge in [-0.25, -0.2) is 8.78 Å². The summed E-state index contributed by atoms with van der Waals surface area (Å²) in [5.74, 6) is -3.30. The highest BCUT2D eigenvalue weighted by molar-refractivity contribution is 5.96. The van der Waals surface area contributed by atoms with Crippen LogP contribution in [0.4, 0.5) is 22.0 Å². The van der Waals surface area contributed by atoms with Crippen LogP contribution in [0, 0.1) is 11.6 Å². The van der Waals surface area contributed by atoms with Crippen molar-refractivity contribution in [2.24, 2.45) is 0 Å². The number of halogens is 5. The zero-order valence-corrected chi connectivity index (χ0v) is 11.0. The molecule has 21 heavy (non-hydrogen) atoms. The minimum Gasteiger partial charge on any atom is -0.395 e. The Kier molecular flexibility index (Phi) is 6.22. The van der Waals surface area contributed by atoms with Crippen LogP contribution in [0.2, 0.25) is 0 Å². The van der Waals surface area contributed by atoms with E-state index in [1.807, 2.05) is 0 Å². The lowest BCUT2D eigenvalue weighted by Crippen LogP contribution is -2.37. The van der Waals surface area contributed by atoms with Crippen molar-refractivity contribution in [2.75, 3.05) is 26.2 Å². The molecule has 0 aliphatic heterocycles. The highest BCUT2D eigenvalue weighted by atomic mass is 19.4. The van der Waals surface area contributed by atoms with Gasteiger partial charge in [0.2, 0.25) is 0 Å². The third-order valence-electron chi connectivity index (χ3n) is 2.73. The molecule has 0 aliphatic carbocycles. The van der Waals surface area contributed by atoms with Crippen LogP contribution >= 0.6 is 0 Å². The predicted molar refractivity (Wildman–Crippen MR) is 64.9 cm³/mol. The first-order valence-corrected chi connectivity index (χ1v) is 6.12. The second-order valence-corrected chi connectivity index (χ2v) is 4.39. The molecular formula is C13H14F5NO2. The van der Waals surface area contributed by atoms with E-state index in [0.29, 0.717) is 0 Å². The fraction of sp³-hybridized carbons (Fsp3) is 0.462. The van der Waals surface area contributed by atoms with Gasteiger partial charge in [0.05, 0.1) is 18.7 Å². The van der Waals surface area contributed by atoms with E-state index in [-0.39, 0.29) is 13.1 Å². The first-order chi connectivity index (χ1) is 9.74. The van der Waals surface area contributed by atoms with Crippen LogP contribution in [0.1, 0.15) is 16.8 Å². The van der Waals surface area contributed by atoms with Gasteiger partial charge in [-0.2, -0.15) is 13.2 Å². The van der Waals surface area contributed by atoms with E-state index in [0.717, 1.165) is 23.1 Å². The minimum atomic E-state index is -4.47. The Morgan fingerprint density at radius 1 is 1.19 bits per heavy atom. The number of alkyl halides is 3. The van der Waals surface area contributed by atoms with Crippen molar-refractivity contribution in [3.8, 4) is 0 Å². The van der Waals surface area contributed by atoms with Gasteiger partial charge < -0.3 is 5.11 Å². The average Bonchev–Trinajstić information content (AvgIpc) is 2.37. The summed E-state index contributed by atoms with van der Waals surface area (Å²) < 4.78 is 63.2. The molecule has 118 valence electrons. The molecule has 0 heterocycles. The number of Topliss-reactive ketones (excluding diaryl/α,β-unsaturated/α-hetero) is 1. The van der Waals surface area contributed by atoms with E-state index in [2.05, 4.69) is 0 Å². The van der Waals surface area contributed by atoms with Gasteiger partial charge in [0, 0.05) is 19.5 Å². The number of rotatable bonds is 7. The molecule has 8 heteroatoms. The molecule has 0 unspecified atom stereocenters. The number of aliphatic hydroxyl groups excluding tert-OH is 1. The molecule has 0 saturated heterocycles. The number of carbonyl (C=O) groups is 1. The Morgan fingerprint density at radius 3 is 2.43 bits per heavy atom. The molecule has 0 saturated carbocycles. The molecule has 0 amide bonds. The van der Waals surface area contributed by atoms with Crippen molar-refractivity contribution in [1.29, 1.82) is 0 Å². The third kappa shape index (κ3) is 5.76. The van der Waals surface area contributed by atoms with Gasteiger partial charge >= 0.3 is 6.18 Å². The Labute approximate surface area is 118 Å². The monoisotopic (exact) mass is 311 g/mol. The Morgan fingerprint density at radius 2 is 1.86 bits per heavy atom. The number of ketones is 1. The summed E-state index contributed by atoms with van der Waals surface area (Å²) >= 11 is 0. The first kappa shape index (κ1) is 17.5. The number of hydrogen-bond acceptors (Lipinski definition) is 3. The molecule has 0 radical (unpaired) electrons. The van der Waals surface area contributed by atoms with Crippen LogP contribution in [0.15, 0.2) is 18.2 Å². The van der Waals surface area contributed by atoms with Crippen molar-refractivity contribution in [2.45, 2.75) is 12.6 Å². The van der Waals surface area contributed by atoms with E-state index in [1.165, 1.54) is 0 Å². The van der Waals surface area contributed by atoms with Gasteiger partial charge in [-0.15, -0.1) is 0 Å². The maximum atomic E-state index is 13.4. The molecule has 1 rings (SSSR count). The Balaban J connectivity index is 2.67. The molecule has 0 bridgehead atoms. The Hall–Kier alpha value is -1.54. The van der Waals surface area contributed by atoms with E-state index < -0.39 is 48.7 Å². The highest BCUT2D eigenvalue weighted by Gasteiger charge is 2.30. The molecule has 1 aromatic carbocycles. The number of hydrogen-bond donors (Lipinski definition) is 1. The van der Waals surface area contributed by atoms with Gasteiger partial charge in [0.15, 0.2) is 17.4 Å². The van der Waals surface area contributed by atoms with Gasteiger partial charge in [-0.05, 0) is 12.1 Å². The summed E-state index contributed by atoms with van der Waals surface area (Å²) in [5.41, 5.74) is -0.494. The standard InChI is InChI=1S/C13H14F5NO2/c14-10-3-1-2-9(12(10)15)11(21)4-5-19(6-7-20)8-13(16,17)18/h1-3,20H,4-8H2. The maximum Gasteiger partial charge on any atom is 0.401 e. The fourth-order valence-electron chi connectivity index (χ4n) is 1.78. The molecular weight excluding hydrogens is 297 g/mol. The number of carbonyl (C=O) groups excluding carboxylic acids is 1. The molecule has 0 aromatic heterocycles. The SMILES string of the molecule is O=C(CCN(CCO)CC(F)(F)F)c1cccc(F)c1F. The lowest BCUT2D eigenvalue weighted by atomic mass is 10.1. The minimum absolute atomic E-state index is 0.265. The van der Waals surface area contributed by atoms with Crippen molar-refractivity contribution < 1.29 is 31.9 Å². The van der Waals surface area contributed by atoms with Crippen LogP contribution in [-0.4, -0.2) is 48.2 Å². The summed E-state index contributed by atoms with van der Waals surface area (Å²) in [6.07, 6.45) is -4.88. The van der Waals surface area contributed by atoms with Crippen molar-refractivity contribution >= 4 is 5.78 Å². The summed E-state index contributed by atoms with van der Waals surface area (Å²) in [5, 5.41) is 8.69.